The second-order valence-electron chi connectivity index (χ2n) is 2.87. The van der Waals surface area contributed by atoms with E-state index in [9.17, 15) is 0 Å². The van der Waals surface area contributed by atoms with Crippen molar-refractivity contribution in [1.29, 1.82) is 0 Å². The van der Waals surface area contributed by atoms with E-state index in [0.29, 0.717) is 6.54 Å². The van der Waals surface area contributed by atoms with E-state index in [4.69, 9.17) is 5.73 Å². The number of allylic oxidation sites excluding steroid dienone is 1. The average molecular weight is 241 g/mol. The molecule has 0 saturated carbocycles. The minimum absolute atomic E-state index is 0. The first-order valence-corrected chi connectivity index (χ1v) is 5.25. The molecule has 1 rings (SSSR count). The standard InChI is InChI=1S/C11H14N2.C2H6.ClH/c1-10(7-12)8-13-9-11-5-3-2-4-6-11;1-2;/h2-8H,9,12H2,1H3;1-2H3;1H/b10-7-,13-8?;;. The maximum absolute atomic E-state index is 5.30. The molecule has 0 saturated heterocycles. The molecule has 0 unspecified atom stereocenters. The molecule has 0 aliphatic carbocycles. The highest BCUT2D eigenvalue weighted by atomic mass is 35.5. The highest BCUT2D eigenvalue weighted by molar-refractivity contribution is 5.85. The van der Waals surface area contributed by atoms with Gasteiger partial charge in [-0.05, 0) is 24.3 Å². The summed E-state index contributed by atoms with van der Waals surface area (Å²) in [7, 11) is 0. The fourth-order valence-corrected chi connectivity index (χ4v) is 0.921. The Labute approximate surface area is 105 Å². The molecule has 16 heavy (non-hydrogen) atoms. The van der Waals surface area contributed by atoms with Crippen LogP contribution in [0.15, 0.2) is 47.1 Å². The van der Waals surface area contributed by atoms with Crippen LogP contribution in [0.5, 0.6) is 0 Å². The van der Waals surface area contributed by atoms with Crippen molar-refractivity contribution in [3.63, 3.8) is 0 Å². The van der Waals surface area contributed by atoms with E-state index in [1.807, 2.05) is 39.0 Å². The topological polar surface area (TPSA) is 38.4 Å². The molecule has 0 atom stereocenters. The van der Waals surface area contributed by atoms with E-state index in [-0.39, 0.29) is 12.4 Å². The van der Waals surface area contributed by atoms with Crippen LogP contribution in [0, 0.1) is 0 Å². The van der Waals surface area contributed by atoms with E-state index in [0.717, 1.165) is 5.57 Å². The summed E-state index contributed by atoms with van der Waals surface area (Å²) < 4.78 is 0. The minimum atomic E-state index is 0. The van der Waals surface area contributed by atoms with Gasteiger partial charge in [-0.25, -0.2) is 0 Å². The lowest BCUT2D eigenvalue weighted by atomic mass is 10.2. The maximum atomic E-state index is 5.30. The molecule has 1 aromatic carbocycles. The molecule has 0 heterocycles. The zero-order valence-electron chi connectivity index (χ0n) is 10.2. The molecule has 0 spiro atoms. The second kappa shape index (κ2) is 11.8. The van der Waals surface area contributed by atoms with Crippen LogP contribution >= 0.6 is 12.4 Å². The van der Waals surface area contributed by atoms with Crippen LogP contribution < -0.4 is 5.73 Å². The van der Waals surface area contributed by atoms with E-state index < -0.39 is 0 Å². The number of rotatable bonds is 3. The number of aliphatic imine (C=N–C) groups is 1. The molecule has 0 aromatic heterocycles. The fraction of sp³-hybridized carbons (Fsp3) is 0.308. The largest absolute Gasteiger partial charge is 0.404 e. The third-order valence-electron chi connectivity index (χ3n) is 1.67. The van der Waals surface area contributed by atoms with E-state index in [2.05, 4.69) is 17.1 Å². The average Bonchev–Trinajstić information content (AvgIpc) is 2.33. The summed E-state index contributed by atoms with van der Waals surface area (Å²) in [6.45, 7) is 6.64. The van der Waals surface area contributed by atoms with Gasteiger partial charge >= 0.3 is 0 Å². The van der Waals surface area contributed by atoms with Crippen molar-refractivity contribution in [2.24, 2.45) is 10.7 Å². The number of nitrogens with zero attached hydrogens (tertiary/aromatic N) is 1. The smallest absolute Gasteiger partial charge is 0.0639 e. The molecule has 3 heteroatoms. The van der Waals surface area contributed by atoms with Crippen molar-refractivity contribution in [2.75, 3.05) is 0 Å². The second-order valence-corrected chi connectivity index (χ2v) is 2.87. The first-order chi connectivity index (χ1) is 7.33. The lowest BCUT2D eigenvalue weighted by Crippen LogP contribution is -1.87. The van der Waals surface area contributed by atoms with Crippen LogP contribution in [0.4, 0.5) is 0 Å². The third-order valence-corrected chi connectivity index (χ3v) is 1.67. The Morgan fingerprint density at radius 1 is 1.25 bits per heavy atom. The highest BCUT2D eigenvalue weighted by Crippen LogP contribution is 1.99. The number of hydrogen-bond acceptors (Lipinski definition) is 2. The number of halogens is 1. The molecule has 2 nitrogen and oxygen atoms in total. The Hall–Kier alpha value is -1.28. The fourth-order valence-electron chi connectivity index (χ4n) is 0.921. The Bertz CT molecular complexity index is 305. The van der Waals surface area contributed by atoms with Crippen LogP contribution in [0.1, 0.15) is 26.3 Å². The molecule has 0 bridgehead atoms. The lowest BCUT2D eigenvalue weighted by Gasteiger charge is -1.94. The van der Waals surface area contributed by atoms with E-state index >= 15 is 0 Å². The summed E-state index contributed by atoms with van der Waals surface area (Å²) in [4.78, 5) is 4.24. The lowest BCUT2D eigenvalue weighted by molar-refractivity contribution is 1.08. The molecule has 0 aliphatic heterocycles. The monoisotopic (exact) mass is 240 g/mol. The molecule has 2 N–H and O–H groups in total. The normalized spacial score (nSPS) is 10.3. The number of nitrogens with two attached hydrogens (primary N) is 1. The summed E-state index contributed by atoms with van der Waals surface area (Å²) in [6, 6.07) is 10.1. The van der Waals surface area contributed by atoms with Gasteiger partial charge in [-0.3, -0.25) is 4.99 Å². The van der Waals surface area contributed by atoms with Crippen LogP contribution in [0.3, 0.4) is 0 Å². The molecule has 1 aromatic rings. The van der Waals surface area contributed by atoms with Gasteiger partial charge in [-0.15, -0.1) is 12.4 Å². The quantitative estimate of drug-likeness (QED) is 0.806. The minimum Gasteiger partial charge on any atom is -0.404 e. The number of hydrogen-bond donors (Lipinski definition) is 1. The SMILES string of the molecule is C/C(C=NCc1ccccc1)=C/N.CC.Cl. The predicted molar refractivity (Wildman–Crippen MR) is 75.2 cm³/mol. The van der Waals surface area contributed by atoms with Crippen molar-refractivity contribution in [2.45, 2.75) is 27.3 Å². The van der Waals surface area contributed by atoms with Gasteiger partial charge in [0.05, 0.1) is 6.54 Å². The van der Waals surface area contributed by atoms with Gasteiger partial charge in [0.1, 0.15) is 0 Å². The first-order valence-electron chi connectivity index (χ1n) is 5.25. The Balaban J connectivity index is 0. The third kappa shape index (κ3) is 8.06. The van der Waals surface area contributed by atoms with E-state index in [1.54, 1.807) is 12.4 Å². The summed E-state index contributed by atoms with van der Waals surface area (Å²) in [5, 5.41) is 0. The molecule has 0 radical (unpaired) electrons. The summed E-state index contributed by atoms with van der Waals surface area (Å²) in [5.41, 5.74) is 7.49. The van der Waals surface area contributed by atoms with Gasteiger partial charge in [0.25, 0.3) is 0 Å². The Kier molecular flexibility index (Phi) is 12.6. The zero-order chi connectivity index (χ0) is 11.5. The van der Waals surface area contributed by atoms with Gasteiger partial charge < -0.3 is 5.73 Å². The summed E-state index contributed by atoms with van der Waals surface area (Å²) in [6.07, 6.45) is 3.33. The summed E-state index contributed by atoms with van der Waals surface area (Å²) >= 11 is 0. The van der Waals surface area contributed by atoms with Gasteiger partial charge in [-0.2, -0.15) is 0 Å². The van der Waals surface area contributed by atoms with Crippen molar-refractivity contribution in [3.05, 3.63) is 47.7 Å². The van der Waals surface area contributed by atoms with Crippen LogP contribution in [-0.2, 0) is 6.54 Å². The van der Waals surface area contributed by atoms with Crippen LogP contribution in [-0.4, -0.2) is 6.21 Å². The predicted octanol–water partition coefficient (Wildman–Crippen LogP) is 3.57. The van der Waals surface area contributed by atoms with Crippen molar-refractivity contribution in [3.8, 4) is 0 Å². The van der Waals surface area contributed by atoms with Gasteiger partial charge in [0.15, 0.2) is 0 Å². The zero-order valence-corrected chi connectivity index (χ0v) is 11.0. The molecule has 0 amide bonds. The van der Waals surface area contributed by atoms with Gasteiger partial charge in [-0.1, -0.05) is 44.2 Å². The van der Waals surface area contributed by atoms with Crippen LogP contribution in [0.25, 0.3) is 0 Å². The number of benzene rings is 1. The summed E-state index contributed by atoms with van der Waals surface area (Å²) in [5.74, 6) is 0. The Morgan fingerprint density at radius 2 is 1.81 bits per heavy atom. The van der Waals surface area contributed by atoms with Crippen molar-refractivity contribution < 1.29 is 0 Å². The molecule has 0 aliphatic rings. The molecular weight excluding hydrogens is 220 g/mol. The maximum Gasteiger partial charge on any atom is 0.0639 e. The van der Waals surface area contributed by atoms with Gasteiger partial charge in [0, 0.05) is 6.21 Å². The molecule has 0 fully saturated rings. The van der Waals surface area contributed by atoms with Crippen molar-refractivity contribution >= 4 is 18.6 Å². The molecular formula is C13H21ClN2. The van der Waals surface area contributed by atoms with Crippen LogP contribution in [0.2, 0.25) is 0 Å². The Morgan fingerprint density at radius 3 is 2.31 bits per heavy atom. The van der Waals surface area contributed by atoms with Gasteiger partial charge in [0.2, 0.25) is 0 Å². The van der Waals surface area contributed by atoms with E-state index in [1.165, 1.54) is 5.56 Å². The van der Waals surface area contributed by atoms with Crippen molar-refractivity contribution in [1.82, 2.24) is 0 Å². The highest BCUT2D eigenvalue weighted by Gasteiger charge is 1.86. The first kappa shape index (κ1) is 17.1. The molecule has 90 valence electrons.